The molecule has 0 radical (unpaired) electrons. The van der Waals surface area contributed by atoms with Crippen LogP contribution in [0.4, 0.5) is 0 Å². The Morgan fingerprint density at radius 1 is 1.16 bits per heavy atom. The molecule has 1 aromatic carbocycles. The summed E-state index contributed by atoms with van der Waals surface area (Å²) in [7, 11) is 1.86. The van der Waals surface area contributed by atoms with Crippen molar-refractivity contribution in [1.82, 2.24) is 15.2 Å². The third kappa shape index (κ3) is 6.28. The van der Waals surface area contributed by atoms with E-state index < -0.39 is 0 Å². The number of amides is 2. The van der Waals surface area contributed by atoms with E-state index in [1.807, 2.05) is 49.5 Å². The minimum Gasteiger partial charge on any atom is -0.351 e. The predicted octanol–water partition coefficient (Wildman–Crippen LogP) is 4.71. The molecule has 1 heterocycles. The number of hydrogen-bond donors (Lipinski definition) is 1. The molecule has 0 saturated carbocycles. The Morgan fingerprint density at radius 3 is 2.56 bits per heavy atom. The van der Waals surface area contributed by atoms with Gasteiger partial charge in [0.1, 0.15) is 0 Å². The Kier molecular flexibility index (Phi) is 8.20. The molecule has 0 bridgehead atoms. The van der Waals surface area contributed by atoms with Crippen LogP contribution in [0.1, 0.15) is 49.5 Å². The number of carbonyl (C=O) groups is 2. The summed E-state index contributed by atoms with van der Waals surface area (Å²) >= 11 is 0. The van der Waals surface area contributed by atoms with Crippen LogP contribution < -0.4 is 5.32 Å². The SMILES string of the molecule is CC1=C[C@@H](CNC(=O)c2ccccc2)[C@H](C(C)C)C[C@H]1CC(=O)N(C)Cc1cccnc1. The maximum Gasteiger partial charge on any atom is 0.251 e. The number of rotatable bonds is 8. The molecule has 3 atom stereocenters. The van der Waals surface area contributed by atoms with Crippen LogP contribution in [0, 0.1) is 23.7 Å². The molecule has 0 spiro atoms. The highest BCUT2D eigenvalue weighted by Crippen LogP contribution is 2.39. The van der Waals surface area contributed by atoms with Gasteiger partial charge >= 0.3 is 0 Å². The van der Waals surface area contributed by atoms with Gasteiger partial charge in [0.25, 0.3) is 5.91 Å². The van der Waals surface area contributed by atoms with Crippen molar-refractivity contribution in [3.05, 3.63) is 77.6 Å². The van der Waals surface area contributed by atoms with Crippen molar-refractivity contribution in [1.29, 1.82) is 0 Å². The van der Waals surface area contributed by atoms with Gasteiger partial charge in [-0.15, -0.1) is 0 Å². The number of aromatic nitrogens is 1. The number of benzene rings is 1. The first-order chi connectivity index (χ1) is 15.3. The number of hydrogen-bond acceptors (Lipinski definition) is 3. The Morgan fingerprint density at radius 2 is 1.91 bits per heavy atom. The summed E-state index contributed by atoms with van der Waals surface area (Å²) in [5, 5.41) is 3.11. The van der Waals surface area contributed by atoms with Crippen molar-refractivity contribution in [2.45, 2.75) is 40.2 Å². The van der Waals surface area contributed by atoms with E-state index >= 15 is 0 Å². The van der Waals surface area contributed by atoms with E-state index in [0.717, 1.165) is 12.0 Å². The van der Waals surface area contributed by atoms with E-state index in [-0.39, 0.29) is 23.7 Å². The van der Waals surface area contributed by atoms with E-state index in [0.29, 0.717) is 36.9 Å². The number of nitrogens with zero attached hydrogens (tertiary/aromatic N) is 2. The van der Waals surface area contributed by atoms with Crippen molar-refractivity contribution < 1.29 is 9.59 Å². The molecule has 0 aliphatic heterocycles. The topological polar surface area (TPSA) is 62.3 Å². The fourth-order valence-electron chi connectivity index (χ4n) is 4.63. The summed E-state index contributed by atoms with van der Waals surface area (Å²) in [6.07, 6.45) is 7.33. The number of nitrogens with one attached hydrogen (secondary N) is 1. The Hall–Kier alpha value is -2.95. The van der Waals surface area contributed by atoms with E-state index in [1.165, 1.54) is 5.57 Å². The van der Waals surface area contributed by atoms with Gasteiger partial charge in [-0.1, -0.05) is 49.8 Å². The fraction of sp³-hybridized carbons (Fsp3) is 0.444. The molecule has 5 heteroatoms. The second kappa shape index (κ2) is 11.1. The number of pyridine rings is 1. The van der Waals surface area contributed by atoms with Crippen molar-refractivity contribution in [3.8, 4) is 0 Å². The molecule has 32 heavy (non-hydrogen) atoms. The summed E-state index contributed by atoms with van der Waals surface area (Å²) in [5.41, 5.74) is 2.97. The molecule has 1 N–H and O–H groups in total. The summed E-state index contributed by atoms with van der Waals surface area (Å²) < 4.78 is 0. The van der Waals surface area contributed by atoms with Gasteiger partial charge in [-0.2, -0.15) is 0 Å². The highest BCUT2D eigenvalue weighted by Gasteiger charge is 2.33. The van der Waals surface area contributed by atoms with Crippen molar-refractivity contribution in [2.24, 2.45) is 23.7 Å². The molecule has 2 amide bonds. The molecule has 2 aromatic rings. The molecule has 1 aromatic heterocycles. The molecule has 170 valence electrons. The third-order valence-corrected chi connectivity index (χ3v) is 6.61. The van der Waals surface area contributed by atoms with E-state index in [2.05, 4.69) is 37.1 Å². The zero-order chi connectivity index (χ0) is 23.1. The van der Waals surface area contributed by atoms with Crippen LogP contribution in [-0.4, -0.2) is 35.3 Å². The van der Waals surface area contributed by atoms with E-state index in [9.17, 15) is 9.59 Å². The maximum atomic E-state index is 12.9. The standard InChI is InChI=1S/C27H35N3O2/c1-19(2)25-14-23(15-26(31)30(4)18-21-9-8-12-28-16-21)20(3)13-24(25)17-29-27(32)22-10-6-5-7-11-22/h5-13,16,19,23-25H,14-15,17-18H2,1-4H3,(H,29,32)/t23-,24-,25-/m0/s1. The van der Waals surface area contributed by atoms with Gasteiger partial charge in [0.05, 0.1) is 0 Å². The Labute approximate surface area is 191 Å². The molecular weight excluding hydrogens is 398 g/mol. The van der Waals surface area contributed by atoms with Crippen LogP contribution >= 0.6 is 0 Å². The van der Waals surface area contributed by atoms with Crippen LogP contribution in [0.5, 0.6) is 0 Å². The molecule has 0 saturated heterocycles. The first-order valence-electron chi connectivity index (χ1n) is 11.5. The molecule has 1 aliphatic carbocycles. The molecule has 1 aliphatic rings. The average Bonchev–Trinajstić information content (AvgIpc) is 2.79. The minimum absolute atomic E-state index is 0.0338. The van der Waals surface area contributed by atoms with Crippen LogP contribution in [-0.2, 0) is 11.3 Å². The third-order valence-electron chi connectivity index (χ3n) is 6.61. The summed E-state index contributed by atoms with van der Waals surface area (Å²) in [5.74, 6) is 1.55. The lowest BCUT2D eigenvalue weighted by Crippen LogP contribution is -2.38. The fourth-order valence-corrected chi connectivity index (χ4v) is 4.63. The second-order valence-electron chi connectivity index (χ2n) is 9.31. The van der Waals surface area contributed by atoms with Gasteiger partial charge in [0, 0.05) is 44.5 Å². The predicted molar refractivity (Wildman–Crippen MR) is 128 cm³/mol. The molecule has 5 nitrogen and oxygen atoms in total. The summed E-state index contributed by atoms with van der Waals surface area (Å²) in [4.78, 5) is 31.3. The zero-order valence-corrected chi connectivity index (χ0v) is 19.6. The first-order valence-corrected chi connectivity index (χ1v) is 11.5. The first kappa shape index (κ1) is 23.7. The smallest absolute Gasteiger partial charge is 0.251 e. The van der Waals surface area contributed by atoms with Crippen LogP contribution in [0.2, 0.25) is 0 Å². The van der Waals surface area contributed by atoms with Crippen molar-refractivity contribution in [3.63, 3.8) is 0 Å². The maximum absolute atomic E-state index is 12.9. The van der Waals surface area contributed by atoms with Crippen LogP contribution in [0.3, 0.4) is 0 Å². The summed E-state index contributed by atoms with van der Waals surface area (Å²) in [6.45, 7) is 7.79. The second-order valence-corrected chi connectivity index (χ2v) is 9.31. The normalized spacial score (nSPS) is 20.5. The van der Waals surface area contributed by atoms with Gasteiger partial charge in [-0.05, 0) is 60.8 Å². The minimum atomic E-state index is -0.0338. The Balaban J connectivity index is 1.61. The molecule has 0 unspecified atom stereocenters. The zero-order valence-electron chi connectivity index (χ0n) is 19.6. The van der Waals surface area contributed by atoms with Crippen molar-refractivity contribution >= 4 is 11.8 Å². The van der Waals surface area contributed by atoms with Crippen LogP contribution in [0.15, 0.2) is 66.5 Å². The van der Waals surface area contributed by atoms with Gasteiger partial charge in [-0.25, -0.2) is 0 Å². The van der Waals surface area contributed by atoms with E-state index in [1.54, 1.807) is 17.3 Å². The molecular formula is C27H35N3O2. The molecule has 3 rings (SSSR count). The molecule has 0 fully saturated rings. The number of carbonyl (C=O) groups excluding carboxylic acids is 2. The van der Waals surface area contributed by atoms with Gasteiger partial charge in [-0.3, -0.25) is 14.6 Å². The van der Waals surface area contributed by atoms with Crippen LogP contribution in [0.25, 0.3) is 0 Å². The van der Waals surface area contributed by atoms with E-state index in [4.69, 9.17) is 0 Å². The van der Waals surface area contributed by atoms with Gasteiger partial charge < -0.3 is 10.2 Å². The monoisotopic (exact) mass is 433 g/mol. The quantitative estimate of drug-likeness (QED) is 0.613. The lowest BCUT2D eigenvalue weighted by atomic mass is 9.69. The van der Waals surface area contributed by atoms with Gasteiger partial charge in [0.2, 0.25) is 5.91 Å². The Bertz CT molecular complexity index is 924. The summed E-state index contributed by atoms with van der Waals surface area (Å²) in [6, 6.07) is 13.2. The largest absolute Gasteiger partial charge is 0.351 e. The highest BCUT2D eigenvalue weighted by molar-refractivity contribution is 5.94. The highest BCUT2D eigenvalue weighted by atomic mass is 16.2. The lowest BCUT2D eigenvalue weighted by molar-refractivity contribution is -0.131. The van der Waals surface area contributed by atoms with Crippen molar-refractivity contribution in [2.75, 3.05) is 13.6 Å². The number of allylic oxidation sites excluding steroid dienone is 1. The van der Waals surface area contributed by atoms with Gasteiger partial charge in [0.15, 0.2) is 0 Å². The lowest BCUT2D eigenvalue weighted by Gasteiger charge is -2.37. The average molecular weight is 434 g/mol.